The van der Waals surface area contributed by atoms with Crippen molar-refractivity contribution in [1.29, 1.82) is 0 Å². The van der Waals surface area contributed by atoms with Crippen LogP contribution >= 0.6 is 0 Å². The van der Waals surface area contributed by atoms with Gasteiger partial charge in [0, 0.05) is 31.4 Å². The van der Waals surface area contributed by atoms with Crippen LogP contribution in [0.2, 0.25) is 0 Å². The molecule has 0 bridgehead atoms. The molecular weight excluding hydrogens is 334 g/mol. The average Bonchev–Trinajstić information content (AvgIpc) is 3.21. The molecule has 1 aromatic heterocycles. The van der Waals surface area contributed by atoms with Gasteiger partial charge >= 0.3 is 0 Å². The van der Waals surface area contributed by atoms with Gasteiger partial charge in [0.1, 0.15) is 0 Å². The van der Waals surface area contributed by atoms with Crippen molar-refractivity contribution in [2.24, 2.45) is 5.92 Å². The van der Waals surface area contributed by atoms with E-state index < -0.39 is 0 Å². The number of rotatable bonds is 6. The van der Waals surface area contributed by atoms with E-state index >= 15 is 0 Å². The number of benzene rings is 1. The fourth-order valence-corrected chi connectivity index (χ4v) is 5.11. The molecule has 2 unspecified atom stereocenters. The van der Waals surface area contributed by atoms with Crippen molar-refractivity contribution in [1.82, 2.24) is 9.78 Å². The lowest BCUT2D eigenvalue weighted by molar-refractivity contribution is -0.00224. The zero-order chi connectivity index (χ0) is 18.2. The summed E-state index contributed by atoms with van der Waals surface area (Å²) in [6.45, 7) is 3.99. The van der Waals surface area contributed by atoms with E-state index in [1.54, 1.807) is 0 Å². The first kappa shape index (κ1) is 17.3. The van der Waals surface area contributed by atoms with E-state index in [0.29, 0.717) is 18.2 Å². The Morgan fingerprint density at radius 1 is 1.11 bits per heavy atom. The van der Waals surface area contributed by atoms with Crippen molar-refractivity contribution in [2.75, 3.05) is 11.5 Å². The molecule has 0 spiro atoms. The molecule has 0 N–H and O–H groups in total. The molecule has 2 fully saturated rings. The SMILES string of the molecule is CCn1cc(N(C2Cc3ccccc3C2)C2CCOC(CC3CC3)C2)cn1. The minimum atomic E-state index is 0.448. The minimum Gasteiger partial charge on any atom is -0.378 e. The summed E-state index contributed by atoms with van der Waals surface area (Å²) in [7, 11) is 0. The number of nitrogens with zero attached hydrogens (tertiary/aromatic N) is 3. The third-order valence-electron chi connectivity index (χ3n) is 6.69. The quantitative estimate of drug-likeness (QED) is 0.768. The van der Waals surface area contributed by atoms with E-state index in [1.807, 2.05) is 0 Å². The van der Waals surface area contributed by atoms with Crippen LogP contribution in [0.1, 0.15) is 50.2 Å². The number of anilines is 1. The van der Waals surface area contributed by atoms with E-state index in [1.165, 1.54) is 42.5 Å². The highest BCUT2D eigenvalue weighted by molar-refractivity contribution is 5.48. The van der Waals surface area contributed by atoms with Crippen LogP contribution in [0, 0.1) is 5.92 Å². The number of aromatic nitrogens is 2. The Balaban J connectivity index is 1.40. The maximum absolute atomic E-state index is 6.15. The van der Waals surface area contributed by atoms with Crippen molar-refractivity contribution in [3.05, 3.63) is 47.8 Å². The lowest BCUT2D eigenvalue weighted by Crippen LogP contribution is -2.48. The molecule has 3 aliphatic rings. The predicted molar refractivity (Wildman–Crippen MR) is 108 cm³/mol. The lowest BCUT2D eigenvalue weighted by atomic mass is 9.95. The zero-order valence-corrected chi connectivity index (χ0v) is 16.4. The summed E-state index contributed by atoms with van der Waals surface area (Å²) in [6, 6.07) is 10.1. The monoisotopic (exact) mass is 365 g/mol. The molecule has 1 saturated heterocycles. The van der Waals surface area contributed by atoms with Crippen LogP contribution in [0.15, 0.2) is 36.7 Å². The van der Waals surface area contributed by atoms with Gasteiger partial charge in [-0.05, 0) is 56.1 Å². The van der Waals surface area contributed by atoms with Gasteiger partial charge in [0.25, 0.3) is 0 Å². The lowest BCUT2D eigenvalue weighted by Gasteiger charge is -2.42. The first-order valence-electron chi connectivity index (χ1n) is 10.8. The van der Waals surface area contributed by atoms with Crippen LogP contribution in [0.3, 0.4) is 0 Å². The molecule has 0 amide bonds. The van der Waals surface area contributed by atoms with Gasteiger partial charge in [-0.3, -0.25) is 4.68 Å². The van der Waals surface area contributed by atoms with Crippen LogP contribution in [0.5, 0.6) is 0 Å². The van der Waals surface area contributed by atoms with Crippen molar-refractivity contribution in [2.45, 2.75) is 76.6 Å². The third kappa shape index (κ3) is 3.64. The smallest absolute Gasteiger partial charge is 0.0757 e. The molecule has 4 nitrogen and oxygen atoms in total. The van der Waals surface area contributed by atoms with Crippen LogP contribution in [-0.2, 0) is 24.1 Å². The van der Waals surface area contributed by atoms with Gasteiger partial charge in [-0.2, -0.15) is 5.10 Å². The highest BCUT2D eigenvalue weighted by atomic mass is 16.5. The first-order chi connectivity index (χ1) is 13.3. The molecule has 1 saturated carbocycles. The Hall–Kier alpha value is -1.81. The molecule has 2 aromatic rings. The second kappa shape index (κ2) is 7.31. The Morgan fingerprint density at radius 2 is 1.89 bits per heavy atom. The Labute approximate surface area is 162 Å². The summed E-state index contributed by atoms with van der Waals surface area (Å²) in [4.78, 5) is 2.71. The summed E-state index contributed by atoms with van der Waals surface area (Å²) in [5.41, 5.74) is 4.35. The second-order valence-electron chi connectivity index (χ2n) is 8.64. The number of fused-ring (bicyclic) bond motifs is 1. The van der Waals surface area contributed by atoms with E-state index in [-0.39, 0.29) is 0 Å². The second-order valence-corrected chi connectivity index (χ2v) is 8.64. The minimum absolute atomic E-state index is 0.448. The van der Waals surface area contributed by atoms with Gasteiger partial charge in [-0.25, -0.2) is 0 Å². The van der Waals surface area contributed by atoms with Crippen molar-refractivity contribution < 1.29 is 4.74 Å². The molecule has 144 valence electrons. The van der Waals surface area contributed by atoms with Gasteiger partial charge in [-0.1, -0.05) is 37.1 Å². The number of ether oxygens (including phenoxy) is 1. The molecule has 5 rings (SSSR count). The number of aryl methyl sites for hydroxylation is 1. The molecule has 2 atom stereocenters. The van der Waals surface area contributed by atoms with Crippen LogP contribution in [0.4, 0.5) is 5.69 Å². The third-order valence-corrected chi connectivity index (χ3v) is 6.69. The van der Waals surface area contributed by atoms with Crippen molar-refractivity contribution >= 4 is 5.69 Å². The molecule has 1 aromatic carbocycles. The summed E-state index contributed by atoms with van der Waals surface area (Å²) in [5, 5.41) is 4.59. The van der Waals surface area contributed by atoms with Crippen molar-refractivity contribution in [3.63, 3.8) is 0 Å². The fraction of sp³-hybridized carbons (Fsp3) is 0.609. The largest absolute Gasteiger partial charge is 0.378 e. The molecule has 4 heteroatoms. The van der Waals surface area contributed by atoms with Crippen LogP contribution in [-0.4, -0.2) is 34.6 Å². The molecule has 27 heavy (non-hydrogen) atoms. The van der Waals surface area contributed by atoms with E-state index in [9.17, 15) is 0 Å². The number of hydrogen-bond donors (Lipinski definition) is 0. The van der Waals surface area contributed by atoms with Gasteiger partial charge < -0.3 is 9.64 Å². The van der Waals surface area contributed by atoms with E-state index in [2.05, 4.69) is 58.3 Å². The molecule has 2 aliphatic carbocycles. The predicted octanol–water partition coefficient (Wildman–Crippen LogP) is 4.22. The van der Waals surface area contributed by atoms with Crippen LogP contribution < -0.4 is 4.90 Å². The topological polar surface area (TPSA) is 30.3 Å². The Kier molecular flexibility index (Phi) is 4.68. The molecule has 2 heterocycles. The normalized spacial score (nSPS) is 25.5. The maximum atomic E-state index is 6.15. The van der Waals surface area contributed by atoms with Gasteiger partial charge in [0.2, 0.25) is 0 Å². The summed E-state index contributed by atoms with van der Waals surface area (Å²) >= 11 is 0. The fourth-order valence-electron chi connectivity index (χ4n) is 5.11. The highest BCUT2D eigenvalue weighted by Crippen LogP contribution is 2.38. The summed E-state index contributed by atoms with van der Waals surface area (Å²) in [5.74, 6) is 0.931. The Morgan fingerprint density at radius 3 is 2.56 bits per heavy atom. The van der Waals surface area contributed by atoms with Gasteiger partial charge in [0.15, 0.2) is 0 Å². The van der Waals surface area contributed by atoms with Crippen LogP contribution in [0.25, 0.3) is 0 Å². The molecular formula is C23H31N3O. The van der Waals surface area contributed by atoms with Crippen molar-refractivity contribution in [3.8, 4) is 0 Å². The molecule has 1 aliphatic heterocycles. The highest BCUT2D eigenvalue weighted by Gasteiger charge is 2.37. The van der Waals surface area contributed by atoms with Gasteiger partial charge in [0.05, 0.1) is 18.0 Å². The number of hydrogen-bond acceptors (Lipinski definition) is 3. The van der Waals surface area contributed by atoms with Gasteiger partial charge in [-0.15, -0.1) is 0 Å². The Bertz CT molecular complexity index is 756. The summed E-state index contributed by atoms with van der Waals surface area (Å²) < 4.78 is 8.21. The summed E-state index contributed by atoms with van der Waals surface area (Å²) in [6.07, 6.45) is 13.5. The van der Waals surface area contributed by atoms with E-state index in [0.717, 1.165) is 38.3 Å². The maximum Gasteiger partial charge on any atom is 0.0757 e. The first-order valence-corrected chi connectivity index (χ1v) is 10.8. The van der Waals surface area contributed by atoms with E-state index in [4.69, 9.17) is 4.74 Å². The molecule has 0 radical (unpaired) electrons. The zero-order valence-electron chi connectivity index (χ0n) is 16.4. The average molecular weight is 366 g/mol. The standard InChI is InChI=1S/C23H31N3O/c1-2-25-16-22(15-24-25)26(21-12-18-5-3-4-6-19(18)13-21)20-9-10-27-23(14-20)11-17-7-8-17/h3-6,15-17,20-21,23H,2,7-14H2,1H3.